The van der Waals surface area contributed by atoms with Gasteiger partial charge < -0.3 is 15.4 Å². The summed E-state index contributed by atoms with van der Waals surface area (Å²) in [7, 11) is -3.31. The standard InChI is InChI=1S/C18H20F2N2O4S/c1-27(24,25)16-4-2-3-14(11-16)22-12-17(23)21-10-9-13-5-7-15(8-6-13)26-18(19)20/h2-8,11,18,22H,9-10,12H2,1H3,(H,21,23). The molecule has 0 aliphatic carbocycles. The summed E-state index contributed by atoms with van der Waals surface area (Å²) in [4.78, 5) is 12.0. The number of sulfone groups is 1. The molecule has 0 unspecified atom stereocenters. The van der Waals surface area contributed by atoms with Gasteiger partial charge in [-0.1, -0.05) is 18.2 Å². The molecule has 2 aromatic rings. The Morgan fingerprint density at radius 1 is 1.15 bits per heavy atom. The zero-order valence-corrected chi connectivity index (χ0v) is 15.4. The summed E-state index contributed by atoms with van der Waals surface area (Å²) in [5, 5.41) is 5.59. The number of amides is 1. The molecule has 2 rings (SSSR count). The number of carbonyl (C=O) groups is 1. The number of alkyl halides is 2. The molecule has 2 aromatic carbocycles. The minimum Gasteiger partial charge on any atom is -0.435 e. The van der Waals surface area contributed by atoms with E-state index in [0.717, 1.165) is 11.8 Å². The van der Waals surface area contributed by atoms with Crippen molar-refractivity contribution in [1.29, 1.82) is 0 Å². The topological polar surface area (TPSA) is 84.5 Å². The molecule has 1 amide bonds. The van der Waals surface area contributed by atoms with Gasteiger partial charge in [-0.2, -0.15) is 8.78 Å². The van der Waals surface area contributed by atoms with Gasteiger partial charge in [0.25, 0.3) is 0 Å². The van der Waals surface area contributed by atoms with Crippen molar-refractivity contribution in [3.05, 3.63) is 54.1 Å². The van der Waals surface area contributed by atoms with Crippen LogP contribution in [0.5, 0.6) is 5.75 Å². The first-order chi connectivity index (χ1) is 12.7. The van der Waals surface area contributed by atoms with Crippen LogP contribution in [-0.4, -0.2) is 40.3 Å². The van der Waals surface area contributed by atoms with E-state index in [1.807, 2.05) is 0 Å². The summed E-state index contributed by atoms with van der Waals surface area (Å²) in [6, 6.07) is 12.4. The fraction of sp³-hybridized carbons (Fsp3) is 0.278. The van der Waals surface area contributed by atoms with E-state index < -0.39 is 16.4 Å². The third-order valence-electron chi connectivity index (χ3n) is 3.60. The monoisotopic (exact) mass is 398 g/mol. The zero-order valence-electron chi connectivity index (χ0n) is 14.6. The van der Waals surface area contributed by atoms with Crippen LogP contribution >= 0.6 is 0 Å². The highest BCUT2D eigenvalue weighted by molar-refractivity contribution is 7.90. The summed E-state index contributed by atoms with van der Waals surface area (Å²) in [6.07, 6.45) is 1.65. The third-order valence-corrected chi connectivity index (χ3v) is 4.71. The molecular weight excluding hydrogens is 378 g/mol. The molecule has 0 aromatic heterocycles. The van der Waals surface area contributed by atoms with Crippen LogP contribution in [0.2, 0.25) is 0 Å². The number of hydrogen-bond donors (Lipinski definition) is 2. The molecule has 2 N–H and O–H groups in total. The van der Waals surface area contributed by atoms with Gasteiger partial charge in [-0.15, -0.1) is 0 Å². The van der Waals surface area contributed by atoms with Gasteiger partial charge in [0.2, 0.25) is 5.91 Å². The van der Waals surface area contributed by atoms with Gasteiger partial charge >= 0.3 is 6.61 Å². The van der Waals surface area contributed by atoms with E-state index >= 15 is 0 Å². The Balaban J connectivity index is 1.75. The molecule has 146 valence electrons. The Hall–Kier alpha value is -2.68. The number of ether oxygens (including phenoxy) is 1. The first kappa shape index (κ1) is 20.6. The molecule has 0 radical (unpaired) electrons. The summed E-state index contributed by atoms with van der Waals surface area (Å²) < 4.78 is 51.5. The normalized spacial score (nSPS) is 11.3. The van der Waals surface area contributed by atoms with Gasteiger partial charge in [0, 0.05) is 18.5 Å². The first-order valence-corrected chi connectivity index (χ1v) is 9.97. The second-order valence-electron chi connectivity index (χ2n) is 5.78. The molecule has 0 fully saturated rings. The van der Waals surface area contributed by atoms with Crippen LogP contribution in [-0.2, 0) is 21.1 Å². The largest absolute Gasteiger partial charge is 0.435 e. The number of rotatable bonds is 9. The molecule has 9 heteroatoms. The van der Waals surface area contributed by atoms with Crippen LogP contribution in [0.15, 0.2) is 53.4 Å². The van der Waals surface area contributed by atoms with Gasteiger partial charge in [-0.25, -0.2) is 8.42 Å². The SMILES string of the molecule is CS(=O)(=O)c1cccc(NCC(=O)NCCc2ccc(OC(F)F)cc2)c1. The zero-order chi connectivity index (χ0) is 19.9. The van der Waals surface area contributed by atoms with Gasteiger partial charge in [-0.3, -0.25) is 4.79 Å². The second-order valence-corrected chi connectivity index (χ2v) is 7.79. The third kappa shape index (κ3) is 7.22. The maximum absolute atomic E-state index is 12.1. The van der Waals surface area contributed by atoms with Crippen LogP contribution in [0.4, 0.5) is 14.5 Å². The lowest BCUT2D eigenvalue weighted by Gasteiger charge is -2.09. The molecule has 0 aliphatic rings. The van der Waals surface area contributed by atoms with Crippen LogP contribution in [0.25, 0.3) is 0 Å². The van der Waals surface area contributed by atoms with Crippen molar-refractivity contribution in [2.24, 2.45) is 0 Å². The van der Waals surface area contributed by atoms with E-state index in [9.17, 15) is 22.0 Å². The number of nitrogens with one attached hydrogen (secondary N) is 2. The van der Waals surface area contributed by atoms with E-state index in [1.54, 1.807) is 24.3 Å². The maximum atomic E-state index is 12.1. The van der Waals surface area contributed by atoms with Crippen molar-refractivity contribution < 1.29 is 26.7 Å². The van der Waals surface area contributed by atoms with E-state index in [2.05, 4.69) is 15.4 Å². The van der Waals surface area contributed by atoms with Gasteiger partial charge in [0.1, 0.15) is 5.75 Å². The van der Waals surface area contributed by atoms with E-state index in [0.29, 0.717) is 18.7 Å². The molecule has 0 heterocycles. The number of benzene rings is 2. The van der Waals surface area contributed by atoms with Gasteiger partial charge in [0.05, 0.1) is 11.4 Å². The molecule has 0 saturated carbocycles. The smallest absolute Gasteiger partial charge is 0.387 e. The minimum absolute atomic E-state index is 0.00557. The van der Waals surface area contributed by atoms with E-state index in [1.165, 1.54) is 24.3 Å². The predicted octanol–water partition coefficient (Wildman–Crippen LogP) is 2.46. The maximum Gasteiger partial charge on any atom is 0.387 e. The molecule has 0 bridgehead atoms. The van der Waals surface area contributed by atoms with E-state index in [-0.39, 0.29) is 23.1 Å². The van der Waals surface area contributed by atoms with Gasteiger partial charge in [-0.05, 0) is 42.3 Å². The first-order valence-electron chi connectivity index (χ1n) is 8.08. The van der Waals surface area contributed by atoms with Crippen molar-refractivity contribution in [3.8, 4) is 5.75 Å². The summed E-state index contributed by atoms with van der Waals surface area (Å²) in [5.41, 5.74) is 1.40. The Bertz CT molecular complexity index is 871. The number of carbonyl (C=O) groups excluding carboxylic acids is 1. The predicted molar refractivity (Wildman–Crippen MR) is 97.8 cm³/mol. The average molecular weight is 398 g/mol. The fourth-order valence-corrected chi connectivity index (χ4v) is 2.93. The minimum atomic E-state index is -3.31. The number of hydrogen-bond acceptors (Lipinski definition) is 5. The Labute approximate surface area is 156 Å². The molecule has 0 saturated heterocycles. The average Bonchev–Trinajstić information content (AvgIpc) is 2.60. The highest BCUT2D eigenvalue weighted by Gasteiger charge is 2.08. The highest BCUT2D eigenvalue weighted by Crippen LogP contribution is 2.16. The number of halogens is 2. The molecular formula is C18H20F2N2O4S. The van der Waals surface area contributed by atoms with Crippen LogP contribution in [0.3, 0.4) is 0 Å². The van der Waals surface area contributed by atoms with Crippen molar-refractivity contribution in [3.63, 3.8) is 0 Å². The van der Waals surface area contributed by atoms with Crippen LogP contribution in [0, 0.1) is 0 Å². The van der Waals surface area contributed by atoms with Crippen molar-refractivity contribution in [2.75, 3.05) is 24.7 Å². The number of anilines is 1. The Kier molecular flexibility index (Phi) is 7.12. The summed E-state index contributed by atoms with van der Waals surface area (Å²) >= 11 is 0. The quantitative estimate of drug-likeness (QED) is 0.678. The lowest BCUT2D eigenvalue weighted by molar-refractivity contribution is -0.119. The molecule has 0 spiro atoms. The van der Waals surface area contributed by atoms with Crippen molar-refractivity contribution >= 4 is 21.4 Å². The van der Waals surface area contributed by atoms with Crippen LogP contribution < -0.4 is 15.4 Å². The molecule has 0 aliphatic heterocycles. The van der Waals surface area contributed by atoms with Crippen LogP contribution in [0.1, 0.15) is 5.56 Å². The lowest BCUT2D eigenvalue weighted by Crippen LogP contribution is -2.31. The van der Waals surface area contributed by atoms with Gasteiger partial charge in [0.15, 0.2) is 9.84 Å². The molecule has 27 heavy (non-hydrogen) atoms. The second kappa shape index (κ2) is 9.31. The summed E-state index contributed by atoms with van der Waals surface area (Å²) in [5.74, 6) is -0.171. The Morgan fingerprint density at radius 3 is 2.48 bits per heavy atom. The molecule has 6 nitrogen and oxygen atoms in total. The summed E-state index contributed by atoms with van der Waals surface area (Å²) in [6.45, 7) is -2.49. The highest BCUT2D eigenvalue weighted by atomic mass is 32.2. The van der Waals surface area contributed by atoms with E-state index in [4.69, 9.17) is 0 Å². The van der Waals surface area contributed by atoms with Crippen molar-refractivity contribution in [2.45, 2.75) is 17.9 Å². The van der Waals surface area contributed by atoms with Crippen molar-refractivity contribution in [1.82, 2.24) is 5.32 Å². The Morgan fingerprint density at radius 2 is 1.85 bits per heavy atom. The lowest BCUT2D eigenvalue weighted by atomic mass is 10.1. The molecule has 0 atom stereocenters. The fourth-order valence-electron chi connectivity index (χ4n) is 2.27.